The van der Waals surface area contributed by atoms with Gasteiger partial charge in [0, 0.05) is 6.54 Å². The van der Waals surface area contributed by atoms with Gasteiger partial charge >= 0.3 is 5.97 Å². The number of nitrogens with zero attached hydrogens (tertiary/aromatic N) is 1. The van der Waals surface area contributed by atoms with E-state index in [1.165, 1.54) is 4.90 Å². The minimum atomic E-state index is -1.04. The van der Waals surface area contributed by atoms with Gasteiger partial charge in [0.05, 0.1) is 0 Å². The van der Waals surface area contributed by atoms with Crippen molar-refractivity contribution in [1.29, 1.82) is 0 Å². The average Bonchev–Trinajstić information content (AvgIpc) is 2.45. The molecule has 1 aromatic rings. The lowest BCUT2D eigenvalue weighted by molar-refractivity contribution is -0.149. The number of carbonyl (C=O) groups is 2. The Kier molecular flexibility index (Phi) is 4.45. The predicted molar refractivity (Wildman–Crippen MR) is 70.9 cm³/mol. The van der Waals surface area contributed by atoms with Gasteiger partial charge in [0.25, 0.3) is 5.91 Å². The lowest BCUT2D eigenvalue weighted by Crippen LogP contribution is -2.48. The van der Waals surface area contributed by atoms with Crippen LogP contribution in [0.4, 0.5) is 0 Å². The summed E-state index contributed by atoms with van der Waals surface area (Å²) >= 11 is 0. The molecule has 20 heavy (non-hydrogen) atoms. The zero-order valence-corrected chi connectivity index (χ0v) is 11.2. The summed E-state index contributed by atoms with van der Waals surface area (Å²) in [5.74, 6) is -0.298. The molecule has 0 saturated heterocycles. The molecule has 1 aliphatic rings. The highest BCUT2D eigenvalue weighted by molar-refractivity contribution is 5.85. The number of amides is 1. The molecule has 0 aromatic heterocycles. The van der Waals surface area contributed by atoms with Crippen LogP contribution < -0.4 is 9.47 Å². The molecule has 108 valence electrons. The summed E-state index contributed by atoms with van der Waals surface area (Å²) in [6.45, 7) is 2.03. The van der Waals surface area contributed by atoms with Gasteiger partial charge in [0.1, 0.15) is 13.2 Å². The molecule has 2 rings (SSSR count). The van der Waals surface area contributed by atoms with E-state index in [1.54, 1.807) is 18.2 Å². The van der Waals surface area contributed by atoms with Gasteiger partial charge in [0.15, 0.2) is 11.5 Å². The van der Waals surface area contributed by atoms with Crippen molar-refractivity contribution in [2.45, 2.75) is 19.4 Å². The van der Waals surface area contributed by atoms with Gasteiger partial charge in [-0.1, -0.05) is 19.1 Å². The Morgan fingerprint density at radius 2 is 2.05 bits per heavy atom. The van der Waals surface area contributed by atoms with Crippen molar-refractivity contribution < 1.29 is 24.2 Å². The van der Waals surface area contributed by atoms with Crippen LogP contribution in [0.5, 0.6) is 11.5 Å². The van der Waals surface area contributed by atoms with Crippen molar-refractivity contribution in [3.8, 4) is 11.5 Å². The van der Waals surface area contributed by atoms with Gasteiger partial charge in [0.2, 0.25) is 6.10 Å². The third-order valence-electron chi connectivity index (χ3n) is 2.92. The van der Waals surface area contributed by atoms with Crippen LogP contribution >= 0.6 is 0 Å². The van der Waals surface area contributed by atoms with Gasteiger partial charge in [-0.15, -0.1) is 0 Å². The molecular weight excluding hydrogens is 262 g/mol. The number of benzene rings is 1. The fourth-order valence-corrected chi connectivity index (χ4v) is 2.05. The van der Waals surface area contributed by atoms with Crippen LogP contribution in [-0.4, -0.2) is 47.7 Å². The third-order valence-corrected chi connectivity index (χ3v) is 2.92. The van der Waals surface area contributed by atoms with Crippen molar-refractivity contribution >= 4 is 11.9 Å². The largest absolute Gasteiger partial charge is 0.485 e. The first-order chi connectivity index (χ1) is 9.61. The van der Waals surface area contributed by atoms with E-state index in [9.17, 15) is 9.59 Å². The maximum Gasteiger partial charge on any atom is 0.323 e. The summed E-state index contributed by atoms with van der Waals surface area (Å²) < 4.78 is 11.1. The van der Waals surface area contributed by atoms with Gasteiger partial charge in [-0.3, -0.25) is 9.59 Å². The third kappa shape index (κ3) is 3.20. The number of hydrogen-bond donors (Lipinski definition) is 1. The van der Waals surface area contributed by atoms with Crippen molar-refractivity contribution in [1.82, 2.24) is 4.90 Å². The van der Waals surface area contributed by atoms with E-state index in [0.29, 0.717) is 24.5 Å². The molecule has 0 saturated carbocycles. The van der Waals surface area contributed by atoms with E-state index >= 15 is 0 Å². The number of carboxylic acids is 1. The first kappa shape index (κ1) is 14.2. The van der Waals surface area contributed by atoms with Crippen LogP contribution in [0.3, 0.4) is 0 Å². The van der Waals surface area contributed by atoms with E-state index in [0.717, 1.165) is 0 Å². The quantitative estimate of drug-likeness (QED) is 0.875. The number of hydrogen-bond acceptors (Lipinski definition) is 4. The average molecular weight is 279 g/mol. The Labute approximate surface area is 116 Å². The highest BCUT2D eigenvalue weighted by Gasteiger charge is 2.31. The molecule has 1 aromatic carbocycles. The van der Waals surface area contributed by atoms with Crippen LogP contribution in [0, 0.1) is 0 Å². The monoisotopic (exact) mass is 279 g/mol. The van der Waals surface area contributed by atoms with Gasteiger partial charge in [-0.25, -0.2) is 0 Å². The molecule has 1 unspecified atom stereocenters. The van der Waals surface area contributed by atoms with E-state index in [1.807, 2.05) is 13.0 Å². The standard InChI is InChI=1S/C14H17NO5/c1-2-7-15(8-13(16)17)14(18)12-9-19-10-5-3-4-6-11(10)20-12/h3-6,12H,2,7-9H2,1H3,(H,16,17). The van der Waals surface area contributed by atoms with E-state index in [4.69, 9.17) is 14.6 Å². The Hall–Kier alpha value is -2.24. The SMILES string of the molecule is CCCN(CC(=O)O)C(=O)C1COc2ccccc2O1. The van der Waals surface area contributed by atoms with Crippen LogP contribution in [-0.2, 0) is 9.59 Å². The fraction of sp³-hybridized carbons (Fsp3) is 0.429. The molecule has 1 atom stereocenters. The van der Waals surface area contributed by atoms with Crippen LogP contribution in [0.25, 0.3) is 0 Å². The topological polar surface area (TPSA) is 76.1 Å². The molecule has 0 spiro atoms. The first-order valence-electron chi connectivity index (χ1n) is 6.51. The van der Waals surface area contributed by atoms with Crippen molar-refractivity contribution in [2.75, 3.05) is 19.7 Å². The zero-order valence-electron chi connectivity index (χ0n) is 11.2. The lowest BCUT2D eigenvalue weighted by Gasteiger charge is -2.29. The molecule has 6 heteroatoms. The second-order valence-corrected chi connectivity index (χ2v) is 4.52. The lowest BCUT2D eigenvalue weighted by atomic mass is 10.2. The van der Waals surface area contributed by atoms with Gasteiger partial charge < -0.3 is 19.5 Å². The molecule has 6 nitrogen and oxygen atoms in total. The minimum absolute atomic E-state index is 0.0929. The van der Waals surface area contributed by atoms with E-state index in [-0.39, 0.29) is 19.1 Å². The summed E-state index contributed by atoms with van der Waals surface area (Å²) in [4.78, 5) is 24.4. The maximum absolute atomic E-state index is 12.3. The van der Waals surface area contributed by atoms with Crippen molar-refractivity contribution in [3.05, 3.63) is 24.3 Å². The molecule has 1 N–H and O–H groups in total. The molecule has 0 aliphatic carbocycles. The number of para-hydroxylation sites is 2. The number of carboxylic acid groups (broad SMARTS) is 1. The number of fused-ring (bicyclic) bond motifs is 1. The van der Waals surface area contributed by atoms with Crippen LogP contribution in [0.1, 0.15) is 13.3 Å². The molecule has 0 fully saturated rings. The number of carbonyl (C=O) groups excluding carboxylic acids is 1. The van der Waals surface area contributed by atoms with Gasteiger partial charge in [-0.2, -0.15) is 0 Å². The number of aliphatic carboxylic acids is 1. The highest BCUT2D eigenvalue weighted by Crippen LogP contribution is 2.31. The van der Waals surface area contributed by atoms with E-state index in [2.05, 4.69) is 0 Å². The fourth-order valence-electron chi connectivity index (χ4n) is 2.05. The first-order valence-corrected chi connectivity index (χ1v) is 6.51. The smallest absolute Gasteiger partial charge is 0.323 e. The van der Waals surface area contributed by atoms with Crippen LogP contribution in [0.15, 0.2) is 24.3 Å². The summed E-state index contributed by atoms with van der Waals surface area (Å²) in [5.41, 5.74) is 0. The molecule has 0 bridgehead atoms. The highest BCUT2D eigenvalue weighted by atomic mass is 16.6. The summed E-state index contributed by atoms with van der Waals surface area (Å²) in [6.07, 6.45) is -0.112. The normalized spacial score (nSPS) is 16.6. The van der Waals surface area contributed by atoms with Crippen molar-refractivity contribution in [3.63, 3.8) is 0 Å². The molecular formula is C14H17NO5. The Balaban J connectivity index is 2.07. The molecule has 1 heterocycles. The summed E-state index contributed by atoms with van der Waals surface area (Å²) in [6, 6.07) is 7.08. The Bertz CT molecular complexity index is 502. The minimum Gasteiger partial charge on any atom is -0.485 e. The van der Waals surface area contributed by atoms with Crippen LogP contribution in [0.2, 0.25) is 0 Å². The Morgan fingerprint density at radius 1 is 1.35 bits per heavy atom. The second-order valence-electron chi connectivity index (χ2n) is 4.52. The maximum atomic E-state index is 12.3. The summed E-state index contributed by atoms with van der Waals surface area (Å²) in [5, 5.41) is 8.85. The van der Waals surface area contributed by atoms with E-state index < -0.39 is 12.1 Å². The molecule has 1 aliphatic heterocycles. The van der Waals surface area contributed by atoms with Crippen molar-refractivity contribution in [2.24, 2.45) is 0 Å². The number of rotatable bonds is 5. The Morgan fingerprint density at radius 3 is 2.70 bits per heavy atom. The second kappa shape index (κ2) is 6.27. The van der Waals surface area contributed by atoms with Gasteiger partial charge in [-0.05, 0) is 18.6 Å². The molecule has 0 radical (unpaired) electrons. The summed E-state index contributed by atoms with van der Waals surface area (Å²) in [7, 11) is 0. The predicted octanol–water partition coefficient (Wildman–Crippen LogP) is 1.15. The molecule has 1 amide bonds. The number of ether oxygens (including phenoxy) is 2. The zero-order chi connectivity index (χ0) is 14.5.